The highest BCUT2D eigenvalue weighted by Gasteiger charge is 2.17. The predicted molar refractivity (Wildman–Crippen MR) is 136 cm³/mol. The van der Waals surface area contributed by atoms with Crippen LogP contribution in [0.15, 0.2) is 67.0 Å². The van der Waals surface area contributed by atoms with Crippen LogP contribution in [0.2, 0.25) is 0 Å². The maximum atomic E-state index is 12.6. The molecule has 3 aromatic carbocycles. The highest BCUT2D eigenvalue weighted by molar-refractivity contribution is 5.97. The lowest BCUT2D eigenvalue weighted by Crippen LogP contribution is -2.36. The number of nitrogens with one attached hydrogen (secondary N) is 2. The normalized spacial score (nSPS) is 10.6. The number of nitrogens with zero attached hydrogens (tertiary/aromatic N) is 2. The summed E-state index contributed by atoms with van der Waals surface area (Å²) < 4.78 is 17.9. The third-order valence-corrected chi connectivity index (χ3v) is 5.73. The zero-order chi connectivity index (χ0) is 25.5. The zero-order valence-corrected chi connectivity index (χ0v) is 20.4. The first kappa shape index (κ1) is 24.6. The van der Waals surface area contributed by atoms with Crippen LogP contribution in [-0.4, -0.2) is 49.2 Å². The topological polar surface area (TPSA) is 104 Å². The van der Waals surface area contributed by atoms with Crippen molar-refractivity contribution in [2.75, 3.05) is 27.9 Å². The minimum atomic E-state index is -0.430. The monoisotopic (exact) mass is 488 g/mol. The molecular formula is C27H28N4O5. The highest BCUT2D eigenvalue weighted by atomic mass is 16.5. The zero-order valence-electron chi connectivity index (χ0n) is 20.4. The van der Waals surface area contributed by atoms with E-state index >= 15 is 0 Å². The molecule has 0 saturated heterocycles. The Kier molecular flexibility index (Phi) is 7.69. The Morgan fingerprint density at radius 3 is 2.19 bits per heavy atom. The third kappa shape index (κ3) is 5.57. The average Bonchev–Trinajstić information content (AvgIpc) is 3.33. The van der Waals surface area contributed by atoms with Crippen molar-refractivity contribution in [3.05, 3.63) is 83.7 Å². The van der Waals surface area contributed by atoms with Gasteiger partial charge in [-0.15, -0.1) is 0 Å². The first-order valence-electron chi connectivity index (χ1n) is 11.3. The largest absolute Gasteiger partial charge is 0.493 e. The maximum absolute atomic E-state index is 12.6. The second-order valence-corrected chi connectivity index (χ2v) is 8.05. The number of rotatable bonds is 10. The first-order chi connectivity index (χ1) is 17.5. The van der Waals surface area contributed by atoms with Crippen LogP contribution in [0.3, 0.4) is 0 Å². The fourth-order valence-electron chi connectivity index (χ4n) is 3.83. The maximum Gasteiger partial charge on any atom is 0.251 e. The summed E-state index contributed by atoms with van der Waals surface area (Å²) in [4.78, 5) is 29.3. The van der Waals surface area contributed by atoms with Crippen molar-refractivity contribution in [2.24, 2.45) is 0 Å². The quantitative estimate of drug-likeness (QED) is 0.356. The van der Waals surface area contributed by atoms with E-state index in [-0.39, 0.29) is 12.5 Å². The van der Waals surface area contributed by atoms with Crippen LogP contribution in [0.4, 0.5) is 0 Å². The smallest absolute Gasteiger partial charge is 0.251 e. The summed E-state index contributed by atoms with van der Waals surface area (Å²) in [5.41, 5.74) is 4.43. The summed E-state index contributed by atoms with van der Waals surface area (Å²) in [5.74, 6) is 0.372. The lowest BCUT2D eigenvalue weighted by molar-refractivity contribution is -0.120. The fraction of sp³-hybridized carbons (Fsp3) is 0.222. The molecule has 2 amide bonds. The van der Waals surface area contributed by atoms with E-state index in [1.54, 1.807) is 0 Å². The van der Waals surface area contributed by atoms with Gasteiger partial charge in [0.1, 0.15) is 0 Å². The van der Waals surface area contributed by atoms with Crippen molar-refractivity contribution in [3.8, 4) is 17.2 Å². The molecule has 0 spiro atoms. The van der Waals surface area contributed by atoms with Crippen molar-refractivity contribution in [1.82, 2.24) is 20.2 Å². The second-order valence-electron chi connectivity index (χ2n) is 8.05. The van der Waals surface area contributed by atoms with Crippen molar-refractivity contribution >= 4 is 22.8 Å². The lowest BCUT2D eigenvalue weighted by Gasteiger charge is -2.14. The third-order valence-electron chi connectivity index (χ3n) is 5.73. The number of amides is 2. The number of para-hydroxylation sites is 2. The Bertz CT molecular complexity index is 1340. The first-order valence-corrected chi connectivity index (χ1v) is 11.3. The Labute approximate surface area is 209 Å². The van der Waals surface area contributed by atoms with E-state index in [2.05, 4.69) is 20.2 Å². The van der Waals surface area contributed by atoms with Crippen molar-refractivity contribution in [3.63, 3.8) is 0 Å². The van der Waals surface area contributed by atoms with Gasteiger partial charge in [0.2, 0.25) is 11.7 Å². The number of methoxy groups -OCH3 is 3. The van der Waals surface area contributed by atoms with E-state index in [0.29, 0.717) is 35.9 Å². The van der Waals surface area contributed by atoms with E-state index < -0.39 is 5.91 Å². The number of ether oxygens (including phenoxy) is 3. The summed E-state index contributed by atoms with van der Waals surface area (Å²) in [7, 11) is 4.43. The van der Waals surface area contributed by atoms with E-state index in [0.717, 1.165) is 22.2 Å². The SMILES string of the molecule is COc1cc(C(=O)NCC(=O)NCc2ccc(Cn3cnc4ccccc43)cc2)cc(OC)c1OC. The average molecular weight is 489 g/mol. The van der Waals surface area contributed by atoms with Crippen LogP contribution >= 0.6 is 0 Å². The molecule has 0 unspecified atom stereocenters. The summed E-state index contributed by atoms with van der Waals surface area (Å²) in [5, 5.41) is 5.43. The number of carbonyl (C=O) groups excluding carboxylic acids is 2. The molecule has 0 bridgehead atoms. The number of hydrogen-bond acceptors (Lipinski definition) is 6. The number of imidazole rings is 1. The molecule has 186 valence electrons. The summed E-state index contributed by atoms with van der Waals surface area (Å²) in [6, 6.07) is 19.1. The number of aromatic nitrogens is 2. The predicted octanol–water partition coefficient (Wildman–Crippen LogP) is 3.16. The van der Waals surface area contributed by atoms with Gasteiger partial charge in [-0.25, -0.2) is 4.98 Å². The standard InChI is InChI=1S/C27H28N4O5/c1-34-23-12-20(13-24(35-2)26(23)36-3)27(33)29-15-25(32)28-14-18-8-10-19(11-9-18)16-31-17-30-21-6-4-5-7-22(21)31/h4-13,17H,14-16H2,1-3H3,(H,28,32)(H,29,33). The van der Waals surface area contributed by atoms with Gasteiger partial charge in [-0.05, 0) is 35.4 Å². The van der Waals surface area contributed by atoms with Gasteiger partial charge in [-0.3, -0.25) is 9.59 Å². The van der Waals surface area contributed by atoms with Crippen LogP contribution < -0.4 is 24.8 Å². The van der Waals surface area contributed by atoms with Gasteiger partial charge >= 0.3 is 0 Å². The van der Waals surface area contributed by atoms with Gasteiger partial charge < -0.3 is 29.4 Å². The minimum absolute atomic E-state index is 0.165. The van der Waals surface area contributed by atoms with Crippen LogP contribution in [0.1, 0.15) is 21.5 Å². The molecule has 0 saturated carbocycles. The Morgan fingerprint density at radius 1 is 0.861 bits per heavy atom. The molecule has 0 aliphatic heterocycles. The summed E-state index contributed by atoms with van der Waals surface area (Å²) in [6.07, 6.45) is 1.84. The Hall–Kier alpha value is -4.53. The van der Waals surface area contributed by atoms with E-state index in [4.69, 9.17) is 14.2 Å². The molecule has 0 fully saturated rings. The highest BCUT2D eigenvalue weighted by Crippen LogP contribution is 2.38. The molecule has 4 rings (SSSR count). The van der Waals surface area contributed by atoms with Gasteiger partial charge in [0.15, 0.2) is 11.5 Å². The molecule has 0 aliphatic carbocycles. The molecule has 1 heterocycles. The number of hydrogen-bond donors (Lipinski definition) is 2. The van der Waals surface area contributed by atoms with Gasteiger partial charge in [-0.1, -0.05) is 36.4 Å². The van der Waals surface area contributed by atoms with Crippen LogP contribution in [0, 0.1) is 0 Å². The molecule has 0 aliphatic rings. The van der Waals surface area contributed by atoms with Crippen molar-refractivity contribution in [1.29, 1.82) is 0 Å². The van der Waals surface area contributed by atoms with Crippen molar-refractivity contribution < 1.29 is 23.8 Å². The minimum Gasteiger partial charge on any atom is -0.493 e. The van der Waals surface area contributed by atoms with Crippen LogP contribution in [0.25, 0.3) is 11.0 Å². The molecule has 36 heavy (non-hydrogen) atoms. The van der Waals surface area contributed by atoms with E-state index in [9.17, 15) is 9.59 Å². The number of carbonyl (C=O) groups is 2. The second kappa shape index (κ2) is 11.3. The Balaban J connectivity index is 1.28. The molecule has 9 nitrogen and oxygen atoms in total. The molecule has 0 atom stereocenters. The number of benzene rings is 3. The van der Waals surface area contributed by atoms with Crippen LogP contribution in [0.5, 0.6) is 17.2 Å². The Morgan fingerprint density at radius 2 is 1.53 bits per heavy atom. The molecule has 9 heteroatoms. The molecule has 2 N–H and O–H groups in total. The number of fused-ring (bicyclic) bond motifs is 1. The summed E-state index contributed by atoms with van der Waals surface area (Å²) >= 11 is 0. The molecule has 1 aromatic heterocycles. The summed E-state index contributed by atoms with van der Waals surface area (Å²) in [6.45, 7) is 0.897. The van der Waals surface area contributed by atoms with Gasteiger partial charge in [0, 0.05) is 18.7 Å². The lowest BCUT2D eigenvalue weighted by atomic mass is 10.1. The fourth-order valence-corrected chi connectivity index (χ4v) is 3.83. The molecule has 0 radical (unpaired) electrons. The van der Waals surface area contributed by atoms with E-state index in [1.807, 2.05) is 54.9 Å². The van der Waals surface area contributed by atoms with Gasteiger partial charge in [-0.2, -0.15) is 0 Å². The molecular weight excluding hydrogens is 460 g/mol. The van der Waals surface area contributed by atoms with Crippen LogP contribution in [-0.2, 0) is 17.9 Å². The van der Waals surface area contributed by atoms with Crippen molar-refractivity contribution in [2.45, 2.75) is 13.1 Å². The van der Waals surface area contributed by atoms with E-state index in [1.165, 1.54) is 33.5 Å². The molecule has 4 aromatic rings. The van der Waals surface area contributed by atoms with Gasteiger partial charge in [0.05, 0.1) is 45.2 Å². The van der Waals surface area contributed by atoms with Gasteiger partial charge in [0.25, 0.3) is 5.91 Å².